The molecule has 120 valence electrons. The van der Waals surface area contributed by atoms with Crippen LogP contribution in [0.4, 0.5) is 4.79 Å². The van der Waals surface area contributed by atoms with Gasteiger partial charge in [-0.1, -0.05) is 0 Å². The number of carbonyl (C=O) groups excluding carboxylic acids is 2. The number of morpholine rings is 1. The number of nitrogens with zero attached hydrogens (tertiary/aromatic N) is 1. The average Bonchev–Trinajstić information content (AvgIpc) is 2.35. The molecule has 2 aliphatic rings. The highest BCUT2D eigenvalue weighted by atomic mass is 16.6. The Bertz CT molecular complexity index is 389. The van der Waals surface area contributed by atoms with Crippen molar-refractivity contribution in [3.63, 3.8) is 0 Å². The number of ether oxygens (including phenoxy) is 3. The average molecular weight is 299 g/mol. The van der Waals surface area contributed by atoms with E-state index in [-0.39, 0.29) is 30.1 Å². The lowest BCUT2D eigenvalue weighted by Gasteiger charge is -2.48. The molecule has 2 aliphatic heterocycles. The maximum absolute atomic E-state index is 12.4. The molecule has 6 heteroatoms. The summed E-state index contributed by atoms with van der Waals surface area (Å²) in [5, 5.41) is 0. The number of amides is 1. The van der Waals surface area contributed by atoms with E-state index in [0.29, 0.717) is 19.6 Å². The van der Waals surface area contributed by atoms with Gasteiger partial charge in [0.1, 0.15) is 5.60 Å². The van der Waals surface area contributed by atoms with Gasteiger partial charge in [-0.15, -0.1) is 0 Å². The SMILES string of the molecule is COC(=O)CC1CC2COCC(C1)N2C(=O)OC(C)(C)C. The fraction of sp³-hybridized carbons (Fsp3) is 0.867. The van der Waals surface area contributed by atoms with Crippen molar-refractivity contribution in [1.29, 1.82) is 0 Å². The largest absolute Gasteiger partial charge is 0.469 e. The Labute approximate surface area is 125 Å². The van der Waals surface area contributed by atoms with E-state index in [4.69, 9.17) is 14.2 Å². The predicted octanol–water partition coefficient (Wildman–Crippen LogP) is 1.96. The number of carbonyl (C=O) groups is 2. The van der Waals surface area contributed by atoms with Gasteiger partial charge in [-0.3, -0.25) is 9.69 Å². The van der Waals surface area contributed by atoms with Crippen molar-refractivity contribution in [2.45, 2.75) is 57.7 Å². The van der Waals surface area contributed by atoms with E-state index in [2.05, 4.69) is 0 Å². The van der Waals surface area contributed by atoms with E-state index >= 15 is 0 Å². The van der Waals surface area contributed by atoms with Crippen molar-refractivity contribution >= 4 is 12.1 Å². The number of hydrogen-bond acceptors (Lipinski definition) is 5. The summed E-state index contributed by atoms with van der Waals surface area (Å²) >= 11 is 0. The normalized spacial score (nSPS) is 29.0. The molecule has 6 nitrogen and oxygen atoms in total. The molecule has 2 rings (SSSR count). The number of piperidine rings is 1. The van der Waals surface area contributed by atoms with Gasteiger partial charge in [0.2, 0.25) is 0 Å². The topological polar surface area (TPSA) is 65.1 Å². The first-order valence-electron chi connectivity index (χ1n) is 7.46. The maximum Gasteiger partial charge on any atom is 0.410 e. The van der Waals surface area contributed by atoms with E-state index in [1.165, 1.54) is 7.11 Å². The summed E-state index contributed by atoms with van der Waals surface area (Å²) in [6, 6.07) is -0.0241. The third-order valence-corrected chi connectivity index (χ3v) is 3.91. The van der Waals surface area contributed by atoms with Crippen LogP contribution in [0.1, 0.15) is 40.0 Å². The van der Waals surface area contributed by atoms with Gasteiger partial charge in [0.05, 0.1) is 32.4 Å². The lowest BCUT2D eigenvalue weighted by Crippen LogP contribution is -2.60. The molecule has 0 spiro atoms. The monoisotopic (exact) mass is 299 g/mol. The Kier molecular flexibility index (Phi) is 4.76. The maximum atomic E-state index is 12.4. The van der Waals surface area contributed by atoms with Crippen LogP contribution in [0, 0.1) is 5.92 Å². The third kappa shape index (κ3) is 4.09. The Morgan fingerprint density at radius 3 is 2.24 bits per heavy atom. The highest BCUT2D eigenvalue weighted by molar-refractivity contribution is 5.70. The van der Waals surface area contributed by atoms with Gasteiger partial charge in [-0.05, 0) is 39.5 Å². The van der Waals surface area contributed by atoms with E-state index in [1.54, 1.807) is 0 Å². The fourth-order valence-corrected chi connectivity index (χ4v) is 3.13. The van der Waals surface area contributed by atoms with Crippen LogP contribution in [-0.2, 0) is 19.0 Å². The zero-order chi connectivity index (χ0) is 15.6. The minimum atomic E-state index is -0.505. The third-order valence-electron chi connectivity index (χ3n) is 3.91. The van der Waals surface area contributed by atoms with Crippen LogP contribution < -0.4 is 0 Å². The van der Waals surface area contributed by atoms with Gasteiger partial charge in [0.15, 0.2) is 0 Å². The summed E-state index contributed by atoms with van der Waals surface area (Å²) in [5.41, 5.74) is -0.505. The molecule has 2 bridgehead atoms. The summed E-state index contributed by atoms with van der Waals surface area (Å²) in [6.45, 7) is 6.60. The van der Waals surface area contributed by atoms with Gasteiger partial charge >= 0.3 is 12.1 Å². The van der Waals surface area contributed by atoms with Crippen LogP contribution in [0.5, 0.6) is 0 Å². The molecule has 2 fully saturated rings. The molecule has 2 unspecified atom stereocenters. The molecule has 0 aromatic carbocycles. The van der Waals surface area contributed by atoms with E-state index in [9.17, 15) is 9.59 Å². The zero-order valence-electron chi connectivity index (χ0n) is 13.3. The number of rotatable bonds is 2. The predicted molar refractivity (Wildman–Crippen MR) is 75.8 cm³/mol. The molecule has 0 aliphatic carbocycles. The number of hydrogen-bond donors (Lipinski definition) is 0. The lowest BCUT2D eigenvalue weighted by atomic mass is 9.83. The van der Waals surface area contributed by atoms with Crippen molar-refractivity contribution in [3.05, 3.63) is 0 Å². The second kappa shape index (κ2) is 6.22. The Balaban J connectivity index is 2.02. The first kappa shape index (κ1) is 16.1. The first-order valence-corrected chi connectivity index (χ1v) is 7.46. The highest BCUT2D eigenvalue weighted by Gasteiger charge is 2.43. The van der Waals surface area contributed by atoms with Gasteiger partial charge in [0, 0.05) is 6.42 Å². The molecule has 0 aromatic rings. The summed E-state index contributed by atoms with van der Waals surface area (Å²) in [5.74, 6) is 0.0553. The molecule has 0 radical (unpaired) electrons. The van der Waals surface area contributed by atoms with Gasteiger partial charge in [0.25, 0.3) is 0 Å². The second-order valence-electron chi connectivity index (χ2n) is 6.85. The standard InChI is InChI=1S/C15H25NO5/c1-15(2,3)21-14(18)16-11-5-10(7-13(17)19-4)6-12(16)9-20-8-11/h10-12H,5-9H2,1-4H3. The molecular formula is C15H25NO5. The second-order valence-corrected chi connectivity index (χ2v) is 6.85. The van der Waals surface area contributed by atoms with Gasteiger partial charge < -0.3 is 14.2 Å². The summed E-state index contributed by atoms with van der Waals surface area (Å²) in [6.07, 6.45) is 1.64. The summed E-state index contributed by atoms with van der Waals surface area (Å²) in [7, 11) is 1.40. The molecule has 1 amide bonds. The minimum Gasteiger partial charge on any atom is -0.469 e. The van der Waals surface area contributed by atoms with E-state index in [0.717, 1.165) is 12.8 Å². The Morgan fingerprint density at radius 2 is 1.76 bits per heavy atom. The van der Waals surface area contributed by atoms with Gasteiger partial charge in [-0.2, -0.15) is 0 Å². The molecule has 2 saturated heterocycles. The number of methoxy groups -OCH3 is 1. The molecule has 2 heterocycles. The minimum absolute atomic E-state index is 0.0120. The Hall–Kier alpha value is -1.30. The number of esters is 1. The molecule has 0 saturated carbocycles. The van der Waals surface area contributed by atoms with E-state index < -0.39 is 5.60 Å². The number of fused-ring (bicyclic) bond motifs is 2. The summed E-state index contributed by atoms with van der Waals surface area (Å²) < 4.78 is 15.8. The molecular weight excluding hydrogens is 274 g/mol. The van der Waals surface area contributed by atoms with E-state index in [1.807, 2.05) is 25.7 Å². The van der Waals surface area contributed by atoms with Crippen molar-refractivity contribution in [2.75, 3.05) is 20.3 Å². The molecule has 0 N–H and O–H groups in total. The lowest BCUT2D eigenvalue weighted by molar-refractivity contribution is -0.143. The van der Waals surface area contributed by atoms with Crippen LogP contribution >= 0.6 is 0 Å². The fourth-order valence-electron chi connectivity index (χ4n) is 3.13. The Morgan fingerprint density at radius 1 is 1.19 bits per heavy atom. The smallest absolute Gasteiger partial charge is 0.410 e. The zero-order valence-corrected chi connectivity index (χ0v) is 13.3. The van der Waals surface area contributed by atoms with Crippen LogP contribution in [0.2, 0.25) is 0 Å². The van der Waals surface area contributed by atoms with Crippen LogP contribution in [0.25, 0.3) is 0 Å². The summed E-state index contributed by atoms with van der Waals surface area (Å²) in [4.78, 5) is 25.6. The van der Waals surface area contributed by atoms with Crippen LogP contribution in [-0.4, -0.2) is 55.0 Å². The van der Waals surface area contributed by atoms with Crippen molar-refractivity contribution in [3.8, 4) is 0 Å². The molecule has 2 atom stereocenters. The van der Waals surface area contributed by atoms with Crippen LogP contribution in [0.15, 0.2) is 0 Å². The highest BCUT2D eigenvalue weighted by Crippen LogP contribution is 2.34. The van der Waals surface area contributed by atoms with Crippen molar-refractivity contribution < 1.29 is 23.8 Å². The van der Waals surface area contributed by atoms with Crippen molar-refractivity contribution in [2.24, 2.45) is 5.92 Å². The van der Waals surface area contributed by atoms with Crippen molar-refractivity contribution in [1.82, 2.24) is 4.90 Å². The molecule has 0 aromatic heterocycles. The van der Waals surface area contributed by atoms with Crippen LogP contribution in [0.3, 0.4) is 0 Å². The van der Waals surface area contributed by atoms with Gasteiger partial charge in [-0.25, -0.2) is 4.79 Å². The molecule has 21 heavy (non-hydrogen) atoms. The quantitative estimate of drug-likeness (QED) is 0.729. The first-order chi connectivity index (χ1) is 9.80.